The van der Waals surface area contributed by atoms with E-state index in [2.05, 4.69) is 27.5 Å². The van der Waals surface area contributed by atoms with Gasteiger partial charge in [0.05, 0.1) is 13.2 Å². The molecule has 1 aromatic heterocycles. The topological polar surface area (TPSA) is 79.4 Å². The molecular weight excluding hydrogens is 294 g/mol. The Balaban J connectivity index is 1.72. The van der Waals surface area contributed by atoms with Crippen LogP contribution in [0.2, 0.25) is 0 Å². The number of carbonyl (C=O) groups is 1. The molecule has 2 N–H and O–H groups in total. The first-order valence-corrected chi connectivity index (χ1v) is 8.38. The minimum Gasteiger partial charge on any atom is -0.378 e. The quantitative estimate of drug-likeness (QED) is 0.746. The van der Waals surface area contributed by atoms with Crippen LogP contribution in [-0.4, -0.2) is 60.3 Å². The monoisotopic (exact) mass is 321 g/mol. The first kappa shape index (κ1) is 17.5. The van der Waals surface area contributed by atoms with Crippen molar-refractivity contribution >= 4 is 11.8 Å². The first-order valence-electron chi connectivity index (χ1n) is 8.38. The number of urea groups is 1. The van der Waals surface area contributed by atoms with E-state index in [0.29, 0.717) is 39.4 Å². The van der Waals surface area contributed by atoms with E-state index in [-0.39, 0.29) is 6.03 Å². The molecule has 0 spiro atoms. The molecule has 0 saturated carbocycles. The third kappa shape index (κ3) is 6.02. The number of nitrogens with one attached hydrogen (secondary N) is 2. The summed E-state index contributed by atoms with van der Waals surface area (Å²) < 4.78 is 5.24. The van der Waals surface area contributed by atoms with Gasteiger partial charge in [0, 0.05) is 44.4 Å². The van der Waals surface area contributed by atoms with Crippen molar-refractivity contribution in [3.8, 4) is 0 Å². The fourth-order valence-corrected chi connectivity index (χ4v) is 2.41. The molecule has 1 saturated heterocycles. The average molecular weight is 321 g/mol. The fraction of sp³-hybridized carbons (Fsp3) is 0.688. The van der Waals surface area contributed by atoms with Gasteiger partial charge in [-0.2, -0.15) is 0 Å². The third-order valence-electron chi connectivity index (χ3n) is 3.66. The van der Waals surface area contributed by atoms with Gasteiger partial charge in [-0.1, -0.05) is 13.3 Å². The fourth-order valence-electron chi connectivity index (χ4n) is 2.41. The molecular formula is C16H27N5O2. The van der Waals surface area contributed by atoms with Gasteiger partial charge in [0.25, 0.3) is 0 Å². The Kier molecular flexibility index (Phi) is 7.06. The minimum atomic E-state index is -0.0300. The summed E-state index contributed by atoms with van der Waals surface area (Å²) in [6.07, 6.45) is 3.13. The first-order chi connectivity index (χ1) is 11.2. The van der Waals surface area contributed by atoms with Crippen LogP contribution < -0.4 is 10.6 Å². The molecule has 2 amide bonds. The van der Waals surface area contributed by atoms with Crippen LogP contribution in [-0.2, 0) is 11.2 Å². The number of carbonyl (C=O) groups excluding carboxylic acids is 1. The Morgan fingerprint density at radius 3 is 2.83 bits per heavy atom. The zero-order chi connectivity index (χ0) is 16.5. The minimum absolute atomic E-state index is 0.0300. The van der Waals surface area contributed by atoms with Crippen molar-refractivity contribution < 1.29 is 9.53 Å². The molecule has 128 valence electrons. The maximum Gasteiger partial charge on any atom is 0.317 e. The highest BCUT2D eigenvalue weighted by atomic mass is 16.5. The third-order valence-corrected chi connectivity index (χ3v) is 3.66. The smallest absolute Gasteiger partial charge is 0.317 e. The van der Waals surface area contributed by atoms with Gasteiger partial charge in [0.15, 0.2) is 0 Å². The molecule has 2 rings (SSSR count). The van der Waals surface area contributed by atoms with Gasteiger partial charge in [-0.05, 0) is 13.3 Å². The molecule has 0 radical (unpaired) electrons. The zero-order valence-corrected chi connectivity index (χ0v) is 14.1. The van der Waals surface area contributed by atoms with E-state index in [0.717, 1.165) is 36.6 Å². The molecule has 23 heavy (non-hydrogen) atoms. The number of nitrogens with zero attached hydrogens (tertiary/aromatic N) is 3. The van der Waals surface area contributed by atoms with E-state index >= 15 is 0 Å². The summed E-state index contributed by atoms with van der Waals surface area (Å²) in [6, 6.07) is 1.90. The number of hydrogen-bond acceptors (Lipinski definition) is 5. The second kappa shape index (κ2) is 9.29. The van der Waals surface area contributed by atoms with Crippen LogP contribution in [0, 0.1) is 6.92 Å². The molecule has 0 unspecified atom stereocenters. The van der Waals surface area contributed by atoms with E-state index in [4.69, 9.17) is 4.74 Å². The molecule has 1 aliphatic heterocycles. The van der Waals surface area contributed by atoms with Gasteiger partial charge in [-0.15, -0.1) is 0 Å². The Morgan fingerprint density at radius 2 is 2.09 bits per heavy atom. The summed E-state index contributed by atoms with van der Waals surface area (Å²) in [4.78, 5) is 22.7. The summed E-state index contributed by atoms with van der Waals surface area (Å²) in [6.45, 7) is 7.88. The van der Waals surface area contributed by atoms with Crippen LogP contribution in [0.25, 0.3) is 0 Å². The van der Waals surface area contributed by atoms with Crippen LogP contribution in [0.3, 0.4) is 0 Å². The molecule has 0 atom stereocenters. The Labute approximate surface area is 137 Å². The molecule has 0 bridgehead atoms. The van der Waals surface area contributed by atoms with Gasteiger partial charge in [-0.3, -0.25) is 0 Å². The number of aromatic nitrogens is 2. The van der Waals surface area contributed by atoms with E-state index in [9.17, 15) is 4.79 Å². The van der Waals surface area contributed by atoms with Crippen LogP contribution in [0.5, 0.6) is 0 Å². The average Bonchev–Trinajstić information content (AvgIpc) is 2.57. The van der Waals surface area contributed by atoms with Gasteiger partial charge in [-0.25, -0.2) is 14.8 Å². The summed E-state index contributed by atoms with van der Waals surface area (Å²) in [5.74, 6) is 1.70. The van der Waals surface area contributed by atoms with Crippen molar-refractivity contribution in [2.24, 2.45) is 0 Å². The summed E-state index contributed by atoms with van der Waals surface area (Å²) in [5, 5.41) is 6.16. The van der Waals surface area contributed by atoms with E-state index < -0.39 is 0 Å². The number of anilines is 1. The molecule has 7 nitrogen and oxygen atoms in total. The maximum atomic E-state index is 11.9. The number of hydrogen-bond donors (Lipinski definition) is 2. The number of rotatable bonds is 7. The van der Waals surface area contributed by atoms with E-state index in [1.54, 1.807) is 4.90 Å². The molecule has 1 aliphatic rings. The molecule has 2 heterocycles. The predicted octanol–water partition coefficient (Wildman–Crippen LogP) is 1.58. The highest BCUT2D eigenvalue weighted by molar-refractivity contribution is 5.74. The van der Waals surface area contributed by atoms with Crippen molar-refractivity contribution in [1.29, 1.82) is 0 Å². The highest BCUT2D eigenvalue weighted by Gasteiger charge is 2.15. The van der Waals surface area contributed by atoms with Crippen molar-refractivity contribution in [2.45, 2.75) is 33.1 Å². The lowest BCUT2D eigenvalue weighted by atomic mass is 10.2. The summed E-state index contributed by atoms with van der Waals surface area (Å²) in [7, 11) is 0. The molecule has 0 aromatic carbocycles. The van der Waals surface area contributed by atoms with Gasteiger partial charge in [0.2, 0.25) is 0 Å². The summed E-state index contributed by atoms with van der Waals surface area (Å²) >= 11 is 0. The van der Waals surface area contributed by atoms with Crippen molar-refractivity contribution in [3.63, 3.8) is 0 Å². The molecule has 7 heteroatoms. The number of ether oxygens (including phenoxy) is 1. The van der Waals surface area contributed by atoms with E-state index in [1.807, 2.05) is 13.0 Å². The van der Waals surface area contributed by atoms with Crippen LogP contribution >= 0.6 is 0 Å². The largest absolute Gasteiger partial charge is 0.378 e. The molecule has 1 aromatic rings. The summed E-state index contributed by atoms with van der Waals surface area (Å²) in [5.41, 5.74) is 0.964. The van der Waals surface area contributed by atoms with Gasteiger partial charge in [0.1, 0.15) is 11.6 Å². The number of unbranched alkanes of at least 4 members (excludes halogenated alkanes) is 1. The maximum absolute atomic E-state index is 11.9. The normalized spacial score (nSPS) is 14.6. The zero-order valence-electron chi connectivity index (χ0n) is 14.1. The van der Waals surface area contributed by atoms with Crippen molar-refractivity contribution in [2.75, 3.05) is 44.7 Å². The van der Waals surface area contributed by atoms with Gasteiger partial charge >= 0.3 is 6.03 Å². The lowest BCUT2D eigenvalue weighted by molar-refractivity contribution is 0.0533. The Hall–Kier alpha value is -1.89. The Morgan fingerprint density at radius 1 is 1.30 bits per heavy atom. The predicted molar refractivity (Wildman–Crippen MR) is 89.7 cm³/mol. The number of amides is 2. The number of aryl methyl sites for hydroxylation is 2. The van der Waals surface area contributed by atoms with Crippen LogP contribution in [0.4, 0.5) is 10.6 Å². The lowest BCUT2D eigenvalue weighted by Gasteiger charge is -2.26. The second-order valence-electron chi connectivity index (χ2n) is 5.67. The number of morpholine rings is 1. The molecule has 0 aliphatic carbocycles. The Bertz CT molecular complexity index is 503. The van der Waals surface area contributed by atoms with Crippen LogP contribution in [0.15, 0.2) is 6.07 Å². The SMILES string of the molecule is CCCCc1nc(C)cc(NCCNC(=O)N2CCOCC2)n1. The van der Waals surface area contributed by atoms with Crippen LogP contribution in [0.1, 0.15) is 31.3 Å². The second-order valence-corrected chi connectivity index (χ2v) is 5.67. The molecule has 1 fully saturated rings. The standard InChI is InChI=1S/C16H27N5O2/c1-3-4-5-14-19-13(2)12-15(20-14)17-6-7-18-16(22)21-8-10-23-11-9-21/h12H,3-11H2,1-2H3,(H,18,22)(H,17,19,20). The van der Waals surface area contributed by atoms with Gasteiger partial charge < -0.3 is 20.3 Å². The van der Waals surface area contributed by atoms with Crippen molar-refractivity contribution in [1.82, 2.24) is 20.2 Å². The lowest BCUT2D eigenvalue weighted by Crippen LogP contribution is -2.47. The highest BCUT2D eigenvalue weighted by Crippen LogP contribution is 2.08. The van der Waals surface area contributed by atoms with Crippen molar-refractivity contribution in [3.05, 3.63) is 17.6 Å². The van der Waals surface area contributed by atoms with E-state index in [1.165, 1.54) is 0 Å².